The molecule has 0 amide bonds. The Bertz CT molecular complexity index is 689. The van der Waals surface area contributed by atoms with Gasteiger partial charge in [-0.15, -0.1) is 0 Å². The van der Waals surface area contributed by atoms with Crippen LogP contribution in [0.15, 0.2) is 36.4 Å². The van der Waals surface area contributed by atoms with Crippen molar-refractivity contribution in [3.63, 3.8) is 0 Å². The van der Waals surface area contributed by atoms with Crippen molar-refractivity contribution in [1.29, 1.82) is 0 Å². The zero-order valence-corrected chi connectivity index (χ0v) is 12.4. The molecule has 2 nitrogen and oxygen atoms in total. The highest BCUT2D eigenvalue weighted by Crippen LogP contribution is 2.28. The van der Waals surface area contributed by atoms with Crippen LogP contribution in [0.4, 0.5) is 8.78 Å². The molecular weight excluding hydrogens is 321 g/mol. The molecule has 0 radical (unpaired) electrons. The van der Waals surface area contributed by atoms with Gasteiger partial charge in [0.2, 0.25) is 5.78 Å². The van der Waals surface area contributed by atoms with Crippen molar-refractivity contribution >= 4 is 29.0 Å². The van der Waals surface area contributed by atoms with Crippen LogP contribution in [0.5, 0.6) is 5.75 Å². The van der Waals surface area contributed by atoms with Crippen molar-refractivity contribution in [3.8, 4) is 5.75 Å². The maximum Gasteiger partial charge on any atom is 0.203 e. The smallest absolute Gasteiger partial charge is 0.203 e. The molecule has 1 unspecified atom stereocenters. The molecule has 0 aliphatic carbocycles. The predicted octanol–water partition coefficient (Wildman–Crippen LogP) is 4.92. The minimum absolute atomic E-state index is 0.0199. The first-order valence-corrected chi connectivity index (χ1v) is 6.75. The zero-order chi connectivity index (χ0) is 15.6. The van der Waals surface area contributed by atoms with E-state index in [1.54, 1.807) is 6.07 Å². The van der Waals surface area contributed by atoms with Crippen molar-refractivity contribution in [1.82, 2.24) is 0 Å². The Labute approximate surface area is 130 Å². The van der Waals surface area contributed by atoms with Crippen LogP contribution in [0.2, 0.25) is 10.0 Å². The lowest BCUT2D eigenvalue weighted by Crippen LogP contribution is -2.24. The molecule has 0 saturated carbocycles. The normalized spacial score (nSPS) is 12.0. The van der Waals surface area contributed by atoms with E-state index in [1.165, 1.54) is 25.1 Å². The minimum Gasteiger partial charge on any atom is -0.481 e. The fraction of sp³-hybridized carbons (Fsp3) is 0.133. The Hall–Kier alpha value is -1.65. The average Bonchev–Trinajstić information content (AvgIpc) is 2.44. The number of Topliss-reactive ketones (excluding diaryl/α,β-unsaturated/α-hetero) is 1. The minimum atomic E-state index is -1.09. The van der Waals surface area contributed by atoms with Gasteiger partial charge in [0.25, 0.3) is 0 Å². The Morgan fingerprint density at radius 3 is 2.43 bits per heavy atom. The topological polar surface area (TPSA) is 26.3 Å². The van der Waals surface area contributed by atoms with Crippen LogP contribution < -0.4 is 4.74 Å². The Kier molecular flexibility index (Phi) is 4.80. The van der Waals surface area contributed by atoms with Crippen molar-refractivity contribution in [2.45, 2.75) is 13.0 Å². The molecule has 0 spiro atoms. The average molecular weight is 331 g/mol. The van der Waals surface area contributed by atoms with Gasteiger partial charge >= 0.3 is 0 Å². The summed E-state index contributed by atoms with van der Waals surface area (Å²) < 4.78 is 31.4. The van der Waals surface area contributed by atoms with Crippen molar-refractivity contribution in [3.05, 3.63) is 63.6 Å². The molecule has 0 aromatic heterocycles. The SMILES string of the molecule is CC(Oc1ccc(Cl)cc1Cl)C(=O)c1ccc(F)c(F)c1. The first-order valence-electron chi connectivity index (χ1n) is 5.99. The summed E-state index contributed by atoms with van der Waals surface area (Å²) in [6, 6.07) is 7.50. The van der Waals surface area contributed by atoms with Crippen molar-refractivity contribution in [2.24, 2.45) is 0 Å². The maximum atomic E-state index is 13.1. The number of ether oxygens (including phenoxy) is 1. The summed E-state index contributed by atoms with van der Waals surface area (Å²) in [7, 11) is 0. The van der Waals surface area contributed by atoms with Crippen LogP contribution in [0.25, 0.3) is 0 Å². The lowest BCUT2D eigenvalue weighted by atomic mass is 10.1. The molecule has 21 heavy (non-hydrogen) atoms. The van der Waals surface area contributed by atoms with Crippen molar-refractivity contribution < 1.29 is 18.3 Å². The van der Waals surface area contributed by atoms with E-state index < -0.39 is 23.5 Å². The van der Waals surface area contributed by atoms with Gasteiger partial charge in [-0.25, -0.2) is 8.78 Å². The van der Waals surface area contributed by atoms with E-state index >= 15 is 0 Å². The Morgan fingerprint density at radius 2 is 1.81 bits per heavy atom. The molecule has 0 fully saturated rings. The summed E-state index contributed by atoms with van der Waals surface area (Å²) in [5, 5.41) is 0.694. The molecule has 110 valence electrons. The fourth-order valence-corrected chi connectivity index (χ4v) is 2.15. The third-order valence-electron chi connectivity index (χ3n) is 2.77. The van der Waals surface area contributed by atoms with E-state index in [0.717, 1.165) is 12.1 Å². The summed E-state index contributed by atoms with van der Waals surface area (Å²) in [5.74, 6) is -2.30. The van der Waals surface area contributed by atoms with Gasteiger partial charge in [-0.05, 0) is 43.3 Å². The van der Waals surface area contributed by atoms with Gasteiger partial charge in [0.1, 0.15) is 5.75 Å². The van der Waals surface area contributed by atoms with Crippen LogP contribution in [0, 0.1) is 11.6 Å². The number of halogens is 4. The number of hydrogen-bond acceptors (Lipinski definition) is 2. The fourth-order valence-electron chi connectivity index (χ4n) is 1.70. The molecule has 0 bridgehead atoms. The second-order valence-electron chi connectivity index (χ2n) is 4.33. The van der Waals surface area contributed by atoms with Gasteiger partial charge in [0.15, 0.2) is 17.7 Å². The summed E-state index contributed by atoms with van der Waals surface area (Å²) in [5.41, 5.74) is 0.0199. The predicted molar refractivity (Wildman–Crippen MR) is 77.2 cm³/mol. The van der Waals surface area contributed by atoms with Gasteiger partial charge in [0, 0.05) is 10.6 Å². The molecular formula is C15H10Cl2F2O2. The summed E-state index contributed by atoms with van der Waals surface area (Å²) in [6.07, 6.45) is -0.909. The second-order valence-corrected chi connectivity index (χ2v) is 5.17. The zero-order valence-electron chi connectivity index (χ0n) is 10.9. The van der Waals surface area contributed by atoms with E-state index in [2.05, 4.69) is 0 Å². The number of carbonyl (C=O) groups is 1. The largest absolute Gasteiger partial charge is 0.481 e. The number of benzene rings is 2. The summed E-state index contributed by atoms with van der Waals surface area (Å²) in [6.45, 7) is 1.49. The molecule has 2 rings (SSSR count). The molecule has 6 heteroatoms. The van der Waals surface area contributed by atoms with Gasteiger partial charge in [-0.2, -0.15) is 0 Å². The number of rotatable bonds is 4. The highest BCUT2D eigenvalue weighted by atomic mass is 35.5. The molecule has 2 aromatic rings. The molecule has 1 atom stereocenters. The number of carbonyl (C=O) groups excluding carboxylic acids is 1. The highest BCUT2D eigenvalue weighted by molar-refractivity contribution is 6.35. The number of ketones is 1. The maximum absolute atomic E-state index is 13.1. The van der Waals surface area contributed by atoms with Crippen molar-refractivity contribution in [2.75, 3.05) is 0 Å². The van der Waals surface area contributed by atoms with E-state index in [1.807, 2.05) is 0 Å². The Balaban J connectivity index is 2.17. The van der Waals surface area contributed by atoms with Gasteiger partial charge in [-0.1, -0.05) is 23.2 Å². The number of hydrogen-bond donors (Lipinski definition) is 0. The molecule has 2 aromatic carbocycles. The van der Waals surface area contributed by atoms with Crippen LogP contribution in [-0.4, -0.2) is 11.9 Å². The van der Waals surface area contributed by atoms with Gasteiger partial charge < -0.3 is 4.74 Å². The second kappa shape index (κ2) is 6.41. The lowest BCUT2D eigenvalue weighted by molar-refractivity contribution is 0.0818. The van der Waals surface area contributed by atoms with E-state index in [0.29, 0.717) is 5.02 Å². The molecule has 0 N–H and O–H groups in total. The first-order chi connectivity index (χ1) is 9.88. The lowest BCUT2D eigenvalue weighted by Gasteiger charge is -2.15. The quantitative estimate of drug-likeness (QED) is 0.743. The third kappa shape index (κ3) is 3.71. The van der Waals surface area contributed by atoms with Crippen LogP contribution in [-0.2, 0) is 0 Å². The molecule has 0 saturated heterocycles. The summed E-state index contributed by atoms with van der Waals surface area (Å²) >= 11 is 11.7. The molecule has 0 aliphatic heterocycles. The summed E-state index contributed by atoms with van der Waals surface area (Å²) in [4.78, 5) is 12.1. The third-order valence-corrected chi connectivity index (χ3v) is 3.30. The van der Waals surface area contributed by atoms with Crippen LogP contribution in [0.3, 0.4) is 0 Å². The van der Waals surface area contributed by atoms with Crippen LogP contribution in [0.1, 0.15) is 17.3 Å². The van der Waals surface area contributed by atoms with Crippen LogP contribution >= 0.6 is 23.2 Å². The standard InChI is InChI=1S/C15H10Cl2F2O2/c1-8(21-14-5-3-10(16)7-11(14)17)15(20)9-2-4-12(18)13(19)6-9/h2-8H,1H3. The molecule has 0 heterocycles. The van der Waals surface area contributed by atoms with E-state index in [-0.39, 0.29) is 16.3 Å². The highest BCUT2D eigenvalue weighted by Gasteiger charge is 2.19. The Morgan fingerprint density at radius 1 is 1.10 bits per heavy atom. The van der Waals surface area contributed by atoms with Gasteiger partial charge in [-0.3, -0.25) is 4.79 Å². The van der Waals surface area contributed by atoms with E-state index in [9.17, 15) is 13.6 Å². The molecule has 0 aliphatic rings. The monoisotopic (exact) mass is 330 g/mol. The van der Waals surface area contributed by atoms with E-state index in [4.69, 9.17) is 27.9 Å². The first kappa shape index (κ1) is 15.7. The van der Waals surface area contributed by atoms with Gasteiger partial charge in [0.05, 0.1) is 5.02 Å².